The molecule has 1 amide bonds. The molecule has 1 aromatic heterocycles. The molecule has 0 fully saturated rings. The first-order chi connectivity index (χ1) is 19.2. The van der Waals surface area contributed by atoms with E-state index in [1.807, 2.05) is 0 Å². The van der Waals surface area contributed by atoms with Gasteiger partial charge in [-0.05, 0) is 61.9 Å². The lowest BCUT2D eigenvalue weighted by atomic mass is 9.86. The first kappa shape index (κ1) is 29.7. The number of aliphatic hydroxyl groups is 1. The fourth-order valence-electron chi connectivity index (χ4n) is 4.53. The molecule has 6 N–H and O–H groups in total. The summed E-state index contributed by atoms with van der Waals surface area (Å²) in [6.45, 7) is 1.35. The van der Waals surface area contributed by atoms with Gasteiger partial charge in [-0.1, -0.05) is 0 Å². The normalized spacial score (nSPS) is 17.8. The van der Waals surface area contributed by atoms with Gasteiger partial charge < -0.3 is 31.4 Å². The first-order valence-corrected chi connectivity index (χ1v) is 12.4. The number of amides is 1. The lowest BCUT2D eigenvalue weighted by molar-refractivity contribution is -0.270. The summed E-state index contributed by atoms with van der Waals surface area (Å²) < 4.78 is 67.5. The van der Waals surface area contributed by atoms with Gasteiger partial charge in [-0.2, -0.15) is 13.2 Å². The van der Waals surface area contributed by atoms with Crippen molar-refractivity contribution < 1.29 is 41.7 Å². The molecule has 41 heavy (non-hydrogen) atoms. The molecule has 2 heterocycles. The average molecular weight is 577 g/mol. The number of rotatable bonds is 10. The maximum absolute atomic E-state index is 14.5. The van der Waals surface area contributed by atoms with Crippen LogP contribution in [0, 0.1) is 5.82 Å². The number of alkyl halides is 3. The number of aromatic nitrogens is 1. The van der Waals surface area contributed by atoms with Gasteiger partial charge in [-0.15, -0.1) is 0 Å². The van der Waals surface area contributed by atoms with Gasteiger partial charge in [-0.3, -0.25) is 9.59 Å². The van der Waals surface area contributed by atoms with E-state index >= 15 is 0 Å². The van der Waals surface area contributed by atoms with E-state index in [1.165, 1.54) is 37.4 Å². The van der Waals surface area contributed by atoms with Crippen LogP contribution in [0.1, 0.15) is 41.4 Å². The molecule has 0 spiro atoms. The molecule has 2 atom stereocenters. The fraction of sp³-hybridized carbons (Fsp3) is 0.321. The second kappa shape index (κ2) is 11.0. The Labute approximate surface area is 232 Å². The van der Waals surface area contributed by atoms with Crippen molar-refractivity contribution in [3.8, 4) is 22.8 Å². The standard InChI is InChI=1S/C28H28F4N4O5/c1-26(34)14-35-25-18(26)12-22(36-24(25)15-3-6-17(29)7-4-15)27(39,28(30,31)32)10-9-19(37)16-5-8-20(21(11-16)40-2)41-13-23(33)38/h3-8,11-12,35,39H,9-10,13-14,34H2,1-2H3,(H2,33,38)/t26-,27-/m1/s1. The predicted octanol–water partition coefficient (Wildman–Crippen LogP) is 3.77. The maximum Gasteiger partial charge on any atom is 0.422 e. The number of carbonyl (C=O) groups is 2. The Morgan fingerprint density at radius 3 is 2.41 bits per heavy atom. The SMILES string of the molecule is COc1cc(C(=O)CC[C@@](O)(c2cc3c(c(-c4ccc(F)cc4)n2)NC[C@@]3(C)N)C(F)(F)F)ccc1OCC(N)=O. The number of primary amides is 1. The highest BCUT2D eigenvalue weighted by atomic mass is 19.4. The largest absolute Gasteiger partial charge is 0.493 e. The molecular formula is C28H28F4N4O5. The van der Waals surface area contributed by atoms with E-state index in [0.29, 0.717) is 11.3 Å². The van der Waals surface area contributed by atoms with Crippen molar-refractivity contribution in [1.29, 1.82) is 0 Å². The zero-order valence-electron chi connectivity index (χ0n) is 22.1. The maximum atomic E-state index is 14.5. The van der Waals surface area contributed by atoms with Gasteiger partial charge in [0.2, 0.25) is 5.60 Å². The number of anilines is 1. The Bertz CT molecular complexity index is 1480. The van der Waals surface area contributed by atoms with Crippen LogP contribution in [0.2, 0.25) is 0 Å². The topological polar surface area (TPSA) is 150 Å². The van der Waals surface area contributed by atoms with E-state index in [2.05, 4.69) is 10.3 Å². The van der Waals surface area contributed by atoms with Crippen LogP contribution in [0.5, 0.6) is 11.5 Å². The van der Waals surface area contributed by atoms with E-state index in [9.17, 15) is 32.3 Å². The molecule has 0 saturated heterocycles. The molecule has 0 radical (unpaired) electrons. The van der Waals surface area contributed by atoms with Gasteiger partial charge in [0.1, 0.15) is 5.82 Å². The second-order valence-corrected chi connectivity index (χ2v) is 9.96. The summed E-state index contributed by atoms with van der Waals surface area (Å²) in [5, 5.41) is 14.2. The van der Waals surface area contributed by atoms with Crippen LogP contribution in [0.15, 0.2) is 48.5 Å². The van der Waals surface area contributed by atoms with Crippen LogP contribution >= 0.6 is 0 Å². The number of ether oxygens (including phenoxy) is 2. The van der Waals surface area contributed by atoms with Gasteiger partial charge >= 0.3 is 6.18 Å². The van der Waals surface area contributed by atoms with Gasteiger partial charge in [0.25, 0.3) is 5.91 Å². The third kappa shape index (κ3) is 5.95. The van der Waals surface area contributed by atoms with Crippen molar-refractivity contribution in [2.45, 2.75) is 37.1 Å². The lowest BCUT2D eigenvalue weighted by Crippen LogP contribution is -2.44. The van der Waals surface area contributed by atoms with E-state index in [1.54, 1.807) is 6.92 Å². The Morgan fingerprint density at radius 2 is 1.80 bits per heavy atom. The highest BCUT2D eigenvalue weighted by Crippen LogP contribution is 2.47. The number of methoxy groups -OCH3 is 1. The van der Waals surface area contributed by atoms with Crippen molar-refractivity contribution in [1.82, 2.24) is 4.98 Å². The summed E-state index contributed by atoms with van der Waals surface area (Å²) >= 11 is 0. The molecule has 0 aliphatic carbocycles. The average Bonchev–Trinajstić information content (AvgIpc) is 3.23. The zero-order valence-corrected chi connectivity index (χ0v) is 22.1. The van der Waals surface area contributed by atoms with Crippen LogP contribution in [-0.2, 0) is 15.9 Å². The third-order valence-electron chi connectivity index (χ3n) is 6.85. The summed E-state index contributed by atoms with van der Waals surface area (Å²) in [5.74, 6) is -1.86. The Morgan fingerprint density at radius 1 is 1.12 bits per heavy atom. The van der Waals surface area contributed by atoms with Gasteiger partial charge in [0, 0.05) is 29.7 Å². The molecule has 4 rings (SSSR count). The van der Waals surface area contributed by atoms with E-state index in [0.717, 1.165) is 18.2 Å². The predicted molar refractivity (Wildman–Crippen MR) is 141 cm³/mol. The minimum absolute atomic E-state index is 0.00885. The monoisotopic (exact) mass is 576 g/mol. The molecular weight excluding hydrogens is 548 g/mol. The number of hydrogen-bond acceptors (Lipinski definition) is 8. The lowest BCUT2D eigenvalue weighted by Gasteiger charge is -2.31. The number of carbonyl (C=O) groups excluding carboxylic acids is 2. The summed E-state index contributed by atoms with van der Waals surface area (Å²) in [5.41, 5.74) is 7.04. The van der Waals surface area contributed by atoms with Crippen LogP contribution < -0.4 is 26.3 Å². The molecule has 0 unspecified atom stereocenters. The molecule has 1 aliphatic rings. The number of Topliss-reactive ketones (excluding diaryl/α,β-unsaturated/α-hetero) is 1. The molecule has 218 valence electrons. The zero-order chi connectivity index (χ0) is 30.2. The van der Waals surface area contributed by atoms with E-state index < -0.39 is 60.0 Å². The summed E-state index contributed by atoms with van der Waals surface area (Å²) in [7, 11) is 1.28. The third-order valence-corrected chi connectivity index (χ3v) is 6.85. The smallest absolute Gasteiger partial charge is 0.422 e. The molecule has 13 heteroatoms. The molecule has 0 saturated carbocycles. The number of fused-ring (bicyclic) bond motifs is 1. The number of halogens is 4. The highest BCUT2D eigenvalue weighted by molar-refractivity contribution is 5.96. The molecule has 1 aliphatic heterocycles. The quantitative estimate of drug-likeness (QED) is 0.211. The minimum atomic E-state index is -5.23. The van der Waals surface area contributed by atoms with Crippen LogP contribution in [0.3, 0.4) is 0 Å². The van der Waals surface area contributed by atoms with E-state index in [4.69, 9.17) is 20.9 Å². The van der Waals surface area contributed by atoms with E-state index in [-0.39, 0.29) is 34.9 Å². The van der Waals surface area contributed by atoms with Crippen molar-refractivity contribution in [2.24, 2.45) is 11.5 Å². The number of ketones is 1. The van der Waals surface area contributed by atoms with Gasteiger partial charge in [0.15, 0.2) is 23.9 Å². The molecule has 0 bridgehead atoms. The number of nitrogens with two attached hydrogens (primary N) is 2. The second-order valence-electron chi connectivity index (χ2n) is 9.96. The highest BCUT2D eigenvalue weighted by Gasteiger charge is 2.56. The summed E-state index contributed by atoms with van der Waals surface area (Å²) in [4.78, 5) is 28.1. The van der Waals surface area contributed by atoms with Gasteiger partial charge in [0.05, 0.1) is 29.7 Å². The van der Waals surface area contributed by atoms with Crippen molar-refractivity contribution >= 4 is 17.4 Å². The number of benzene rings is 2. The van der Waals surface area contributed by atoms with Gasteiger partial charge in [-0.25, -0.2) is 9.37 Å². The number of pyridine rings is 1. The minimum Gasteiger partial charge on any atom is -0.493 e. The summed E-state index contributed by atoms with van der Waals surface area (Å²) in [6.07, 6.45) is -7.00. The van der Waals surface area contributed by atoms with Crippen molar-refractivity contribution in [3.63, 3.8) is 0 Å². The Balaban J connectivity index is 1.70. The molecule has 3 aromatic rings. The van der Waals surface area contributed by atoms with Crippen LogP contribution in [0.25, 0.3) is 11.3 Å². The van der Waals surface area contributed by atoms with Crippen molar-refractivity contribution in [3.05, 3.63) is 71.2 Å². The van der Waals surface area contributed by atoms with Crippen LogP contribution in [0.4, 0.5) is 23.2 Å². The van der Waals surface area contributed by atoms with Crippen LogP contribution in [-0.4, -0.2) is 48.2 Å². The number of nitrogens with one attached hydrogen (secondary N) is 1. The first-order valence-electron chi connectivity index (χ1n) is 12.4. The number of hydrogen-bond donors (Lipinski definition) is 4. The molecule has 9 nitrogen and oxygen atoms in total. The molecule has 2 aromatic carbocycles. The fourth-order valence-corrected chi connectivity index (χ4v) is 4.53. The number of nitrogens with zero attached hydrogens (tertiary/aromatic N) is 1. The Kier molecular flexibility index (Phi) is 7.96. The summed E-state index contributed by atoms with van der Waals surface area (Å²) in [6, 6.07) is 9.94. The van der Waals surface area contributed by atoms with Crippen molar-refractivity contribution in [2.75, 3.05) is 25.6 Å². The Hall–Kier alpha value is -4.23.